The Labute approximate surface area is 240 Å². The highest BCUT2D eigenvalue weighted by molar-refractivity contribution is 5.94. The highest BCUT2D eigenvalue weighted by Crippen LogP contribution is 2.19. The molecule has 0 fully saturated rings. The van der Waals surface area contributed by atoms with Crippen LogP contribution < -0.4 is 21.7 Å². The van der Waals surface area contributed by atoms with Gasteiger partial charge in [-0.15, -0.1) is 0 Å². The Balaban J connectivity index is 1.76. The summed E-state index contributed by atoms with van der Waals surface area (Å²) in [7, 11) is 0. The number of aromatic nitrogens is 1. The molecule has 3 rings (SSSR count). The zero-order valence-electron chi connectivity index (χ0n) is 24.0. The van der Waals surface area contributed by atoms with Crippen molar-refractivity contribution in [2.45, 2.75) is 71.1 Å². The predicted molar refractivity (Wildman–Crippen MR) is 158 cm³/mol. The van der Waals surface area contributed by atoms with Gasteiger partial charge >= 0.3 is 5.97 Å². The highest BCUT2D eigenvalue weighted by atomic mass is 16.4. The Hall–Kier alpha value is -4.18. The number of nitrogens with one attached hydrogen (secondary N) is 4. The maximum absolute atomic E-state index is 13.6. The Morgan fingerprint density at radius 2 is 1.46 bits per heavy atom. The van der Waals surface area contributed by atoms with Crippen molar-refractivity contribution in [3.05, 3.63) is 71.9 Å². The van der Waals surface area contributed by atoms with Crippen LogP contribution in [0.25, 0.3) is 10.9 Å². The zero-order chi connectivity index (χ0) is 30.1. The van der Waals surface area contributed by atoms with Crippen molar-refractivity contribution in [1.29, 1.82) is 0 Å². The fourth-order valence-corrected chi connectivity index (χ4v) is 4.68. The molecule has 0 aliphatic heterocycles. The van der Waals surface area contributed by atoms with Crippen molar-refractivity contribution in [1.82, 2.24) is 20.9 Å². The summed E-state index contributed by atoms with van der Waals surface area (Å²) in [6, 6.07) is 12.9. The zero-order valence-corrected chi connectivity index (χ0v) is 24.0. The minimum Gasteiger partial charge on any atom is -0.480 e. The second-order valence-electron chi connectivity index (χ2n) is 10.9. The molecule has 0 aliphatic rings. The van der Waals surface area contributed by atoms with Gasteiger partial charge in [-0.3, -0.25) is 14.4 Å². The van der Waals surface area contributed by atoms with Crippen LogP contribution in [0.5, 0.6) is 0 Å². The molecule has 2 aromatic carbocycles. The average molecular weight is 564 g/mol. The lowest BCUT2D eigenvalue weighted by Gasteiger charge is -2.28. The van der Waals surface area contributed by atoms with Crippen molar-refractivity contribution >= 4 is 34.6 Å². The summed E-state index contributed by atoms with van der Waals surface area (Å²) >= 11 is 0. The molecule has 0 spiro atoms. The third-order valence-corrected chi connectivity index (χ3v) is 7.39. The molecule has 41 heavy (non-hydrogen) atoms. The van der Waals surface area contributed by atoms with Gasteiger partial charge in [0, 0.05) is 23.5 Å². The fourth-order valence-electron chi connectivity index (χ4n) is 4.68. The molecule has 5 atom stereocenters. The quantitative estimate of drug-likeness (QED) is 0.176. The molecule has 10 heteroatoms. The van der Waals surface area contributed by atoms with Crippen LogP contribution >= 0.6 is 0 Å². The van der Waals surface area contributed by atoms with Crippen molar-refractivity contribution < 1.29 is 24.3 Å². The fraction of sp³-hybridized carbons (Fsp3) is 0.419. The lowest BCUT2D eigenvalue weighted by atomic mass is 9.97. The number of nitrogens with two attached hydrogens (primary N) is 1. The van der Waals surface area contributed by atoms with Gasteiger partial charge in [-0.1, -0.05) is 82.6 Å². The van der Waals surface area contributed by atoms with E-state index in [2.05, 4.69) is 20.9 Å². The topological polar surface area (TPSA) is 166 Å². The second kappa shape index (κ2) is 14.5. The predicted octanol–water partition coefficient (Wildman–Crippen LogP) is 2.52. The van der Waals surface area contributed by atoms with E-state index in [9.17, 15) is 24.3 Å². The van der Waals surface area contributed by atoms with Crippen LogP contribution in [0.3, 0.4) is 0 Å². The number of aromatic amines is 1. The summed E-state index contributed by atoms with van der Waals surface area (Å²) in [4.78, 5) is 54.9. The largest absolute Gasteiger partial charge is 0.480 e. The number of H-pyrrole nitrogens is 1. The van der Waals surface area contributed by atoms with Gasteiger partial charge in [0.25, 0.3) is 0 Å². The number of para-hydroxylation sites is 1. The smallest absolute Gasteiger partial charge is 0.326 e. The van der Waals surface area contributed by atoms with Gasteiger partial charge in [0.05, 0.1) is 6.04 Å². The highest BCUT2D eigenvalue weighted by Gasteiger charge is 2.33. The number of benzene rings is 2. The molecule has 0 radical (unpaired) electrons. The Morgan fingerprint density at radius 3 is 2.10 bits per heavy atom. The Kier molecular flexibility index (Phi) is 11.0. The molecule has 3 aromatic rings. The SMILES string of the molecule is CC[C@H](C)[C@H](NC(=O)[C@@H](NC(=O)[C@H](Cc1ccccc1)NC(=O)[C@@H](N)Cc1c[nH]c2ccccc12)C(C)C)C(=O)O. The first-order valence-electron chi connectivity index (χ1n) is 14.0. The molecule has 0 saturated carbocycles. The monoisotopic (exact) mass is 563 g/mol. The summed E-state index contributed by atoms with van der Waals surface area (Å²) in [5.41, 5.74) is 8.92. The molecule has 0 unspecified atom stereocenters. The number of carbonyl (C=O) groups is 4. The van der Waals surface area contributed by atoms with E-state index in [1.165, 1.54) is 0 Å². The van der Waals surface area contributed by atoms with Crippen LogP contribution in [-0.2, 0) is 32.0 Å². The number of carboxylic acids is 1. The lowest BCUT2D eigenvalue weighted by molar-refractivity contribution is -0.144. The molecule has 0 saturated heterocycles. The number of carboxylic acid groups (broad SMARTS) is 1. The van der Waals surface area contributed by atoms with Crippen molar-refractivity contribution in [2.75, 3.05) is 0 Å². The van der Waals surface area contributed by atoms with Crippen LogP contribution in [0.1, 0.15) is 45.2 Å². The van der Waals surface area contributed by atoms with E-state index in [1.807, 2.05) is 67.7 Å². The molecule has 0 aliphatic carbocycles. The van der Waals surface area contributed by atoms with Crippen LogP contribution in [-0.4, -0.2) is 57.9 Å². The van der Waals surface area contributed by atoms with E-state index < -0.39 is 47.9 Å². The molecular formula is C31H41N5O5. The summed E-state index contributed by atoms with van der Waals surface area (Å²) in [6.45, 7) is 7.10. The van der Waals surface area contributed by atoms with E-state index in [-0.39, 0.29) is 24.7 Å². The number of fused-ring (bicyclic) bond motifs is 1. The standard InChI is InChI=1S/C31H41N5O5/c1-5-19(4)27(31(40)41)36-30(39)26(18(2)3)35-29(38)25(15-20-11-7-6-8-12-20)34-28(37)23(32)16-21-17-33-24-14-10-9-13-22(21)24/h6-14,17-19,23,25-27,33H,5,15-16,32H2,1-4H3,(H,34,37)(H,35,38)(H,36,39)(H,40,41)/t19-,23-,25-,26-,27-/m0/s1. The molecule has 1 aromatic heterocycles. The number of hydrogen-bond acceptors (Lipinski definition) is 5. The van der Waals surface area contributed by atoms with Gasteiger partial charge in [0.15, 0.2) is 0 Å². The maximum Gasteiger partial charge on any atom is 0.326 e. The number of aliphatic carboxylic acids is 1. The first-order chi connectivity index (χ1) is 19.5. The Morgan fingerprint density at radius 1 is 0.829 bits per heavy atom. The third-order valence-electron chi connectivity index (χ3n) is 7.39. The molecule has 220 valence electrons. The van der Waals surface area contributed by atoms with Gasteiger partial charge in [-0.25, -0.2) is 4.79 Å². The number of amides is 3. The van der Waals surface area contributed by atoms with E-state index >= 15 is 0 Å². The summed E-state index contributed by atoms with van der Waals surface area (Å²) < 4.78 is 0. The average Bonchev–Trinajstić information content (AvgIpc) is 3.36. The lowest BCUT2D eigenvalue weighted by Crippen LogP contribution is -2.59. The van der Waals surface area contributed by atoms with Crippen LogP contribution in [0.4, 0.5) is 0 Å². The minimum absolute atomic E-state index is 0.176. The Bertz CT molecular complexity index is 1340. The molecule has 10 nitrogen and oxygen atoms in total. The molecule has 7 N–H and O–H groups in total. The third kappa shape index (κ3) is 8.40. The van der Waals surface area contributed by atoms with E-state index in [0.29, 0.717) is 6.42 Å². The van der Waals surface area contributed by atoms with Crippen molar-refractivity contribution in [3.63, 3.8) is 0 Å². The summed E-state index contributed by atoms with van der Waals surface area (Å²) in [6.07, 6.45) is 2.82. The van der Waals surface area contributed by atoms with Crippen LogP contribution in [0.2, 0.25) is 0 Å². The number of carbonyl (C=O) groups excluding carboxylic acids is 3. The molecule has 0 bridgehead atoms. The van der Waals surface area contributed by atoms with Crippen molar-refractivity contribution in [2.24, 2.45) is 17.6 Å². The van der Waals surface area contributed by atoms with Gasteiger partial charge in [0.1, 0.15) is 18.1 Å². The van der Waals surface area contributed by atoms with Crippen molar-refractivity contribution in [3.8, 4) is 0 Å². The van der Waals surface area contributed by atoms with Gasteiger partial charge in [-0.2, -0.15) is 0 Å². The summed E-state index contributed by atoms with van der Waals surface area (Å²) in [5.74, 6) is -3.45. The van der Waals surface area contributed by atoms with Gasteiger partial charge in [-0.05, 0) is 35.4 Å². The molecular weight excluding hydrogens is 522 g/mol. The van der Waals surface area contributed by atoms with Crippen LogP contribution in [0, 0.1) is 11.8 Å². The van der Waals surface area contributed by atoms with Gasteiger partial charge < -0.3 is 31.8 Å². The molecule has 3 amide bonds. The minimum atomic E-state index is -1.14. The van der Waals surface area contributed by atoms with E-state index in [4.69, 9.17) is 5.73 Å². The normalized spacial score (nSPS) is 15.0. The van der Waals surface area contributed by atoms with Gasteiger partial charge in [0.2, 0.25) is 17.7 Å². The van der Waals surface area contributed by atoms with E-state index in [0.717, 1.165) is 22.0 Å². The number of hydrogen-bond donors (Lipinski definition) is 6. The number of rotatable bonds is 14. The van der Waals surface area contributed by atoms with E-state index in [1.54, 1.807) is 20.8 Å². The summed E-state index contributed by atoms with van der Waals surface area (Å²) in [5, 5.41) is 18.7. The maximum atomic E-state index is 13.6. The molecule has 1 heterocycles. The second-order valence-corrected chi connectivity index (χ2v) is 10.9. The van der Waals surface area contributed by atoms with Crippen LogP contribution in [0.15, 0.2) is 60.8 Å². The first-order valence-corrected chi connectivity index (χ1v) is 14.0. The first kappa shape index (κ1) is 31.3.